The van der Waals surface area contributed by atoms with E-state index in [1.54, 1.807) is 0 Å². The summed E-state index contributed by atoms with van der Waals surface area (Å²) in [5, 5.41) is 6.82. The molecular weight excluding hydrogens is 695 g/mol. The average molecular weight is 724 g/mol. The van der Waals surface area contributed by atoms with Crippen LogP contribution in [0.15, 0.2) is 185 Å². The van der Waals surface area contributed by atoms with Gasteiger partial charge in [-0.2, -0.15) is 0 Å². The van der Waals surface area contributed by atoms with E-state index in [4.69, 9.17) is 13.8 Å². The number of anilines is 3. The van der Waals surface area contributed by atoms with Gasteiger partial charge in [0.1, 0.15) is 16.7 Å². The van der Waals surface area contributed by atoms with Gasteiger partial charge in [0, 0.05) is 59.3 Å². The predicted octanol–water partition coefficient (Wildman–Crippen LogP) is 14.3. The van der Waals surface area contributed by atoms with Gasteiger partial charge >= 0.3 is 0 Å². The second-order valence-electron chi connectivity index (χ2n) is 13.9. The van der Waals surface area contributed by atoms with Crippen molar-refractivity contribution in [3.8, 4) is 17.1 Å². The summed E-state index contributed by atoms with van der Waals surface area (Å²) < 4.78 is 18.2. The monoisotopic (exact) mass is 723 g/mol. The minimum Gasteiger partial charge on any atom is -0.456 e. The molecule has 4 aromatic heterocycles. The van der Waals surface area contributed by atoms with Crippen LogP contribution in [0.25, 0.3) is 92.2 Å². The van der Waals surface area contributed by atoms with Crippen LogP contribution in [0, 0.1) is 0 Å². The Labute approximate surface area is 318 Å². The quantitative estimate of drug-likeness (QED) is 0.177. The Morgan fingerprint density at radius 1 is 0.491 bits per heavy atom. The van der Waals surface area contributed by atoms with Crippen LogP contribution in [0.2, 0.25) is 0 Å². The third-order valence-electron chi connectivity index (χ3n) is 10.8. The van der Waals surface area contributed by atoms with Crippen molar-refractivity contribution in [3.63, 3.8) is 0 Å². The third kappa shape index (κ3) is 4.49. The summed E-state index contributed by atoms with van der Waals surface area (Å²) >= 11 is 1.82. The largest absolute Gasteiger partial charge is 0.456 e. The lowest BCUT2D eigenvalue weighted by molar-refractivity contribution is 0.617. The van der Waals surface area contributed by atoms with Crippen molar-refractivity contribution < 1.29 is 8.83 Å². The summed E-state index contributed by atoms with van der Waals surface area (Å²) in [6, 6.07) is 61.9. The van der Waals surface area contributed by atoms with Crippen molar-refractivity contribution in [2.45, 2.75) is 0 Å². The normalized spacial score (nSPS) is 12.0. The van der Waals surface area contributed by atoms with Crippen LogP contribution in [0.5, 0.6) is 0 Å². The van der Waals surface area contributed by atoms with Crippen molar-refractivity contribution in [2.24, 2.45) is 0 Å². The van der Waals surface area contributed by atoms with Gasteiger partial charge in [-0.3, -0.25) is 0 Å². The van der Waals surface area contributed by atoms with E-state index in [1.165, 1.54) is 20.2 Å². The molecule has 0 amide bonds. The first-order chi connectivity index (χ1) is 27.3. The molecule has 12 rings (SSSR count). The SMILES string of the molecule is c1ccc(-c2nc3c(N(c4ccc5c(c4)sc4ccccc45)c4cccc5c4c4ccccc4n5-c4ccccc4)c4c(cc3o2)oc2ccccc24)cc1. The molecule has 0 aliphatic carbocycles. The number of hydrogen-bond donors (Lipinski definition) is 0. The molecule has 4 heterocycles. The molecule has 0 aliphatic rings. The maximum Gasteiger partial charge on any atom is 0.227 e. The zero-order chi connectivity index (χ0) is 36.0. The number of oxazole rings is 1. The Bertz CT molecular complexity index is 3450. The molecule has 258 valence electrons. The van der Waals surface area contributed by atoms with E-state index in [2.05, 4.69) is 137 Å². The Morgan fingerprint density at radius 2 is 1.20 bits per heavy atom. The Hall–Kier alpha value is -7.15. The highest BCUT2D eigenvalue weighted by Gasteiger charge is 2.29. The zero-order valence-electron chi connectivity index (χ0n) is 29.3. The lowest BCUT2D eigenvalue weighted by atomic mass is 10.0. The van der Waals surface area contributed by atoms with Crippen LogP contribution in [0.4, 0.5) is 17.1 Å². The average Bonchev–Trinajstić information content (AvgIpc) is 4.01. The van der Waals surface area contributed by atoms with Crippen molar-refractivity contribution in [1.82, 2.24) is 9.55 Å². The molecule has 55 heavy (non-hydrogen) atoms. The van der Waals surface area contributed by atoms with Crippen LogP contribution in [-0.2, 0) is 0 Å². The fraction of sp³-hybridized carbons (Fsp3) is 0. The van der Waals surface area contributed by atoms with Crippen LogP contribution in [0.1, 0.15) is 0 Å². The second kappa shape index (κ2) is 11.7. The molecule has 0 fully saturated rings. The van der Waals surface area contributed by atoms with Gasteiger partial charge in [0.05, 0.1) is 27.8 Å². The number of benzene rings is 8. The van der Waals surface area contributed by atoms with Gasteiger partial charge < -0.3 is 18.3 Å². The van der Waals surface area contributed by atoms with Crippen molar-refractivity contribution in [2.75, 3.05) is 4.90 Å². The first-order valence-corrected chi connectivity index (χ1v) is 19.2. The highest BCUT2D eigenvalue weighted by molar-refractivity contribution is 7.25. The maximum absolute atomic E-state index is 6.65. The van der Waals surface area contributed by atoms with Crippen LogP contribution in [-0.4, -0.2) is 9.55 Å². The molecule has 0 saturated heterocycles. The predicted molar refractivity (Wildman–Crippen MR) is 229 cm³/mol. The number of hydrogen-bond acceptors (Lipinski definition) is 5. The van der Waals surface area contributed by atoms with Crippen molar-refractivity contribution >= 4 is 103 Å². The molecule has 8 aromatic carbocycles. The summed E-state index contributed by atoms with van der Waals surface area (Å²) in [5.74, 6) is 0.563. The van der Waals surface area contributed by atoms with Crippen LogP contribution < -0.4 is 4.90 Å². The number of rotatable bonds is 5. The Morgan fingerprint density at radius 3 is 2.07 bits per heavy atom. The van der Waals surface area contributed by atoms with Gasteiger partial charge in [-0.05, 0) is 66.7 Å². The maximum atomic E-state index is 6.65. The minimum atomic E-state index is 0.563. The summed E-state index contributed by atoms with van der Waals surface area (Å²) in [4.78, 5) is 7.73. The van der Waals surface area contributed by atoms with Gasteiger partial charge in [0.15, 0.2) is 5.58 Å². The molecule has 0 atom stereocenters. The molecule has 0 radical (unpaired) electrons. The molecule has 0 bridgehead atoms. The molecule has 0 aliphatic heterocycles. The molecule has 0 unspecified atom stereocenters. The fourth-order valence-electron chi connectivity index (χ4n) is 8.45. The van der Waals surface area contributed by atoms with Gasteiger partial charge in [-0.15, -0.1) is 11.3 Å². The highest BCUT2D eigenvalue weighted by Crippen LogP contribution is 2.51. The van der Waals surface area contributed by atoms with E-state index in [0.29, 0.717) is 11.5 Å². The number of furan rings is 1. The number of fused-ring (bicyclic) bond motifs is 10. The fourth-order valence-corrected chi connectivity index (χ4v) is 9.59. The van der Waals surface area contributed by atoms with E-state index >= 15 is 0 Å². The van der Waals surface area contributed by atoms with Crippen LogP contribution >= 0.6 is 11.3 Å². The van der Waals surface area contributed by atoms with Gasteiger partial charge in [0.25, 0.3) is 0 Å². The standard InChI is InChI=1S/C49H29N3O2S/c1-3-14-30(15-4-1)49-50-47-42(54-49)29-41-46(36-20-8-11-24-40(36)53-41)48(47)52(32-26-27-34-33-18-9-12-25-43(33)55-44(34)28-32)39-23-13-22-38-45(39)35-19-7-10-21-37(35)51(38)31-16-5-2-6-17-31/h1-29H. The topological polar surface area (TPSA) is 47.3 Å². The second-order valence-corrected chi connectivity index (χ2v) is 15.0. The van der Waals surface area contributed by atoms with E-state index in [9.17, 15) is 0 Å². The molecule has 12 aromatic rings. The summed E-state index contributed by atoms with van der Waals surface area (Å²) in [5.41, 5.74) is 10.2. The van der Waals surface area contributed by atoms with Gasteiger partial charge in [-0.25, -0.2) is 4.98 Å². The summed E-state index contributed by atoms with van der Waals surface area (Å²) in [6.45, 7) is 0. The molecule has 5 nitrogen and oxygen atoms in total. The van der Waals surface area contributed by atoms with E-state index in [0.717, 1.165) is 77.6 Å². The van der Waals surface area contributed by atoms with Crippen molar-refractivity contribution in [3.05, 3.63) is 176 Å². The lowest BCUT2D eigenvalue weighted by Crippen LogP contribution is -2.11. The highest BCUT2D eigenvalue weighted by atomic mass is 32.1. The molecule has 0 saturated carbocycles. The number of nitrogens with zero attached hydrogens (tertiary/aromatic N) is 3. The van der Waals surface area contributed by atoms with Crippen molar-refractivity contribution in [1.29, 1.82) is 0 Å². The summed E-state index contributed by atoms with van der Waals surface area (Å²) in [6.07, 6.45) is 0. The minimum absolute atomic E-state index is 0.563. The molecule has 6 heteroatoms. The number of thiophene rings is 1. The Balaban J connectivity index is 1.26. The number of aromatic nitrogens is 2. The van der Waals surface area contributed by atoms with Gasteiger partial charge in [0.2, 0.25) is 5.89 Å². The molecular formula is C49H29N3O2S. The third-order valence-corrected chi connectivity index (χ3v) is 11.9. The lowest BCUT2D eigenvalue weighted by Gasteiger charge is -2.27. The Kier molecular flexibility index (Phi) is 6.44. The van der Waals surface area contributed by atoms with E-state index < -0.39 is 0 Å². The van der Waals surface area contributed by atoms with E-state index in [-0.39, 0.29) is 0 Å². The number of para-hydroxylation sites is 3. The zero-order valence-corrected chi connectivity index (χ0v) is 30.1. The summed E-state index contributed by atoms with van der Waals surface area (Å²) in [7, 11) is 0. The first kappa shape index (κ1) is 30.3. The van der Waals surface area contributed by atoms with Crippen LogP contribution in [0.3, 0.4) is 0 Å². The molecule has 0 N–H and O–H groups in total. The van der Waals surface area contributed by atoms with Gasteiger partial charge in [-0.1, -0.05) is 103 Å². The first-order valence-electron chi connectivity index (χ1n) is 18.4. The molecule has 0 spiro atoms. The smallest absolute Gasteiger partial charge is 0.227 e. The van der Waals surface area contributed by atoms with E-state index in [1.807, 2.05) is 59.9 Å².